The second-order valence-corrected chi connectivity index (χ2v) is 14.1. The van der Waals surface area contributed by atoms with Crippen LogP contribution in [0.15, 0.2) is 180 Å². The molecule has 0 bridgehead atoms. The van der Waals surface area contributed by atoms with Gasteiger partial charge in [-0.1, -0.05) is 103 Å². The van der Waals surface area contributed by atoms with Crippen LogP contribution < -0.4 is 0 Å². The van der Waals surface area contributed by atoms with Crippen molar-refractivity contribution in [3.63, 3.8) is 0 Å². The molecule has 0 atom stereocenters. The summed E-state index contributed by atoms with van der Waals surface area (Å²) in [7, 11) is 0. The van der Waals surface area contributed by atoms with Crippen LogP contribution in [-0.2, 0) is 6.54 Å². The minimum Gasteiger partial charge on any atom is -0.456 e. The molecule has 0 amide bonds. The maximum atomic E-state index is 6.27. The van der Waals surface area contributed by atoms with Crippen LogP contribution in [0.3, 0.4) is 0 Å². The van der Waals surface area contributed by atoms with Gasteiger partial charge in [-0.25, -0.2) is 0 Å². The summed E-state index contributed by atoms with van der Waals surface area (Å²) in [4.78, 5) is 0. The Balaban J connectivity index is 1.22. The zero-order valence-corrected chi connectivity index (χ0v) is 28.7. The molecule has 0 unspecified atom stereocenters. The fraction of sp³-hybridized carbons (Fsp3) is 0.0204. The standard InChI is InChI=1S/C49H31N3O/c1-2-12-31(13-3-1)30-50-40-18-8-6-17-37(40)48-44(50)25-26-45-49(48)39-29-32(51-41-19-9-4-14-34(41)35-15-5-10-20-42(35)51)22-24-43(39)52(45)33-23-27-47-38(28-33)36-16-7-11-21-46(36)53-47/h1-29H,30H2. The fourth-order valence-electron chi connectivity index (χ4n) is 9.04. The number of hydrogen-bond donors (Lipinski definition) is 0. The van der Waals surface area contributed by atoms with E-state index in [9.17, 15) is 0 Å². The summed E-state index contributed by atoms with van der Waals surface area (Å²) in [6, 6.07) is 63.8. The largest absolute Gasteiger partial charge is 0.456 e. The van der Waals surface area contributed by atoms with E-state index in [1.165, 1.54) is 71.0 Å². The van der Waals surface area contributed by atoms with Crippen molar-refractivity contribution in [1.29, 1.82) is 0 Å². The predicted octanol–water partition coefficient (Wildman–Crippen LogP) is 12.9. The van der Waals surface area contributed by atoms with Gasteiger partial charge in [-0.05, 0) is 78.4 Å². The van der Waals surface area contributed by atoms with E-state index in [4.69, 9.17) is 4.42 Å². The smallest absolute Gasteiger partial charge is 0.135 e. The van der Waals surface area contributed by atoms with Crippen LogP contribution >= 0.6 is 0 Å². The molecule has 53 heavy (non-hydrogen) atoms. The molecule has 0 saturated heterocycles. The maximum Gasteiger partial charge on any atom is 0.135 e. The minimum absolute atomic E-state index is 0.797. The van der Waals surface area contributed by atoms with Crippen molar-refractivity contribution >= 4 is 87.4 Å². The second kappa shape index (κ2) is 10.7. The molecule has 0 fully saturated rings. The first-order valence-corrected chi connectivity index (χ1v) is 18.2. The van der Waals surface area contributed by atoms with Crippen molar-refractivity contribution < 1.29 is 4.42 Å². The van der Waals surface area contributed by atoms with Crippen LogP contribution in [0.5, 0.6) is 0 Å². The third kappa shape index (κ3) is 4.00. The molecule has 12 rings (SSSR count). The molecule has 12 aromatic rings. The third-order valence-corrected chi connectivity index (χ3v) is 11.3. The van der Waals surface area contributed by atoms with Gasteiger partial charge >= 0.3 is 0 Å². The lowest BCUT2D eigenvalue weighted by atomic mass is 10.0. The van der Waals surface area contributed by atoms with Gasteiger partial charge in [0.15, 0.2) is 0 Å². The lowest BCUT2D eigenvalue weighted by Gasteiger charge is -2.10. The normalized spacial score (nSPS) is 12.2. The van der Waals surface area contributed by atoms with Crippen molar-refractivity contribution in [3.05, 3.63) is 181 Å². The minimum atomic E-state index is 0.797. The van der Waals surface area contributed by atoms with Gasteiger partial charge in [0.1, 0.15) is 11.2 Å². The summed E-state index contributed by atoms with van der Waals surface area (Å²) in [6.07, 6.45) is 0. The summed E-state index contributed by atoms with van der Waals surface area (Å²) < 4.78 is 13.6. The zero-order chi connectivity index (χ0) is 34.6. The Bertz CT molecular complexity index is 3370. The number of fused-ring (bicyclic) bond motifs is 13. The Labute approximate surface area is 303 Å². The number of benzene rings is 8. The van der Waals surface area contributed by atoms with Crippen molar-refractivity contribution in [3.8, 4) is 11.4 Å². The Hall–Kier alpha value is -7.04. The van der Waals surface area contributed by atoms with Gasteiger partial charge in [-0.2, -0.15) is 0 Å². The lowest BCUT2D eigenvalue weighted by molar-refractivity contribution is 0.669. The predicted molar refractivity (Wildman–Crippen MR) is 221 cm³/mol. The number of nitrogens with zero attached hydrogens (tertiary/aromatic N) is 3. The lowest BCUT2D eigenvalue weighted by Crippen LogP contribution is -1.99. The Morgan fingerprint density at radius 3 is 1.62 bits per heavy atom. The Morgan fingerprint density at radius 1 is 0.340 bits per heavy atom. The van der Waals surface area contributed by atoms with Crippen LogP contribution in [-0.4, -0.2) is 13.7 Å². The van der Waals surface area contributed by atoms with Gasteiger partial charge < -0.3 is 18.1 Å². The summed E-state index contributed by atoms with van der Waals surface area (Å²) in [5, 5.41) is 9.81. The summed E-state index contributed by atoms with van der Waals surface area (Å²) >= 11 is 0. The average molecular weight is 678 g/mol. The number of rotatable bonds is 4. The van der Waals surface area contributed by atoms with E-state index in [1.54, 1.807) is 0 Å². The molecule has 8 aromatic carbocycles. The number of para-hydroxylation sites is 4. The fourth-order valence-corrected chi connectivity index (χ4v) is 9.04. The van der Waals surface area contributed by atoms with Crippen LogP contribution in [0.4, 0.5) is 0 Å². The summed E-state index contributed by atoms with van der Waals surface area (Å²) in [6.45, 7) is 0.797. The molecule has 4 nitrogen and oxygen atoms in total. The number of hydrogen-bond acceptors (Lipinski definition) is 1. The molecule has 0 radical (unpaired) electrons. The molecule has 4 aromatic heterocycles. The van der Waals surface area contributed by atoms with Gasteiger partial charge in [0.25, 0.3) is 0 Å². The van der Waals surface area contributed by atoms with E-state index in [-0.39, 0.29) is 0 Å². The molecule has 248 valence electrons. The average Bonchev–Trinajstić information content (AvgIpc) is 3.94. The van der Waals surface area contributed by atoms with Crippen LogP contribution in [0.1, 0.15) is 5.56 Å². The van der Waals surface area contributed by atoms with Crippen molar-refractivity contribution in [2.75, 3.05) is 0 Å². The Kier molecular flexibility index (Phi) is 5.80. The van der Waals surface area contributed by atoms with Gasteiger partial charge in [-0.3, -0.25) is 0 Å². The highest BCUT2D eigenvalue weighted by Gasteiger charge is 2.22. The first-order chi connectivity index (χ1) is 26.3. The van der Waals surface area contributed by atoms with Crippen molar-refractivity contribution in [1.82, 2.24) is 13.7 Å². The first-order valence-electron chi connectivity index (χ1n) is 18.2. The highest BCUT2D eigenvalue weighted by Crippen LogP contribution is 2.43. The topological polar surface area (TPSA) is 27.9 Å². The van der Waals surface area contributed by atoms with Gasteiger partial charge in [0.2, 0.25) is 0 Å². The molecule has 0 aliphatic carbocycles. The van der Waals surface area contributed by atoms with Crippen molar-refractivity contribution in [2.24, 2.45) is 0 Å². The first kappa shape index (κ1) is 28.6. The zero-order valence-electron chi connectivity index (χ0n) is 28.7. The molecule has 0 saturated carbocycles. The summed E-state index contributed by atoms with van der Waals surface area (Å²) in [5.74, 6) is 0. The van der Waals surface area contributed by atoms with E-state index >= 15 is 0 Å². The second-order valence-electron chi connectivity index (χ2n) is 14.1. The number of furan rings is 1. The third-order valence-electron chi connectivity index (χ3n) is 11.3. The SMILES string of the molecule is c1ccc(Cn2c3ccccc3c3c4c5cc(-n6c7ccccc7c7ccccc76)ccc5n(-c5ccc6oc7ccccc7c6c5)c4ccc32)cc1. The van der Waals surface area contributed by atoms with Gasteiger partial charge in [-0.15, -0.1) is 0 Å². The molecule has 4 heterocycles. The van der Waals surface area contributed by atoms with E-state index < -0.39 is 0 Å². The maximum absolute atomic E-state index is 6.27. The highest BCUT2D eigenvalue weighted by molar-refractivity contribution is 6.29. The van der Waals surface area contributed by atoms with Crippen LogP contribution in [0, 0.1) is 0 Å². The van der Waals surface area contributed by atoms with Gasteiger partial charge in [0.05, 0.1) is 27.6 Å². The van der Waals surface area contributed by atoms with Crippen molar-refractivity contribution in [2.45, 2.75) is 6.54 Å². The Morgan fingerprint density at radius 2 is 0.849 bits per heavy atom. The molecule has 4 heteroatoms. The summed E-state index contributed by atoms with van der Waals surface area (Å²) in [5.41, 5.74) is 12.6. The molecule has 0 N–H and O–H groups in total. The van der Waals surface area contributed by atoms with E-state index in [2.05, 4.69) is 177 Å². The van der Waals surface area contributed by atoms with Crippen LogP contribution in [0.25, 0.3) is 98.7 Å². The molecule has 0 spiro atoms. The monoisotopic (exact) mass is 677 g/mol. The molecular formula is C49H31N3O. The number of aromatic nitrogens is 3. The van der Waals surface area contributed by atoms with Crippen LogP contribution in [0.2, 0.25) is 0 Å². The quantitative estimate of drug-likeness (QED) is 0.182. The molecule has 0 aliphatic heterocycles. The molecule has 0 aliphatic rings. The van der Waals surface area contributed by atoms with E-state index in [1.807, 2.05) is 12.1 Å². The van der Waals surface area contributed by atoms with Gasteiger partial charge in [0, 0.05) is 66.5 Å². The highest BCUT2D eigenvalue weighted by atomic mass is 16.3. The molecular weight excluding hydrogens is 647 g/mol. The van der Waals surface area contributed by atoms with E-state index in [0.29, 0.717) is 0 Å². The van der Waals surface area contributed by atoms with E-state index in [0.717, 1.165) is 39.9 Å².